The average molecular weight is 404 g/mol. The summed E-state index contributed by atoms with van der Waals surface area (Å²) < 4.78 is 20.3. The van der Waals surface area contributed by atoms with Crippen molar-refractivity contribution in [1.29, 1.82) is 0 Å². The molecule has 1 N–H and O–H groups in total. The van der Waals surface area contributed by atoms with Gasteiger partial charge in [-0.15, -0.1) is 0 Å². The van der Waals surface area contributed by atoms with Crippen molar-refractivity contribution in [1.82, 2.24) is 14.5 Å². The topological polar surface area (TPSA) is 69.0 Å². The number of aryl methyl sites for hydroxylation is 2. The Labute approximate surface area is 173 Å². The molecule has 0 aliphatic carbocycles. The van der Waals surface area contributed by atoms with E-state index in [4.69, 9.17) is 4.74 Å². The first-order chi connectivity index (χ1) is 14.4. The van der Waals surface area contributed by atoms with Crippen LogP contribution in [-0.2, 0) is 4.74 Å². The highest BCUT2D eigenvalue weighted by Gasteiger charge is 2.20. The number of rotatable bonds is 4. The molecular weight excluding hydrogens is 383 g/mol. The molecule has 4 rings (SSSR count). The maximum Gasteiger partial charge on any atom is 0.339 e. The van der Waals surface area contributed by atoms with Gasteiger partial charge in [-0.05, 0) is 62.7 Å². The molecule has 0 amide bonds. The molecule has 2 heterocycles. The van der Waals surface area contributed by atoms with Crippen molar-refractivity contribution in [3.8, 4) is 5.69 Å². The molecule has 0 aliphatic rings. The van der Waals surface area contributed by atoms with Gasteiger partial charge < -0.3 is 10.1 Å². The SMILES string of the molecule is COC(=O)c1ccccc1Nc1nc(C)nc2c1c(C)c(C)n2-c1ccc(F)cc1. The second kappa shape index (κ2) is 7.59. The summed E-state index contributed by atoms with van der Waals surface area (Å²) in [6, 6.07) is 13.4. The fraction of sp³-hybridized carbons (Fsp3) is 0.174. The molecule has 152 valence electrons. The molecule has 0 saturated carbocycles. The Bertz CT molecular complexity index is 1260. The molecule has 0 spiro atoms. The Balaban J connectivity index is 1.92. The summed E-state index contributed by atoms with van der Waals surface area (Å²) in [6.45, 7) is 5.79. The predicted octanol–water partition coefficient (Wildman–Crippen LogP) is 5.02. The molecule has 2 aromatic carbocycles. The molecular formula is C23H21FN4O2. The van der Waals surface area contributed by atoms with Crippen molar-refractivity contribution < 1.29 is 13.9 Å². The van der Waals surface area contributed by atoms with Crippen molar-refractivity contribution in [2.75, 3.05) is 12.4 Å². The predicted molar refractivity (Wildman–Crippen MR) is 114 cm³/mol. The second-order valence-corrected chi connectivity index (χ2v) is 7.00. The fourth-order valence-corrected chi connectivity index (χ4v) is 3.58. The lowest BCUT2D eigenvalue weighted by Gasteiger charge is -2.12. The van der Waals surface area contributed by atoms with E-state index in [2.05, 4.69) is 15.3 Å². The number of hydrogen-bond acceptors (Lipinski definition) is 5. The minimum Gasteiger partial charge on any atom is -0.465 e. The molecule has 0 radical (unpaired) electrons. The lowest BCUT2D eigenvalue weighted by atomic mass is 10.1. The summed E-state index contributed by atoms with van der Waals surface area (Å²) in [7, 11) is 1.35. The third-order valence-corrected chi connectivity index (χ3v) is 5.14. The zero-order valence-corrected chi connectivity index (χ0v) is 17.2. The van der Waals surface area contributed by atoms with E-state index in [-0.39, 0.29) is 5.82 Å². The molecule has 0 saturated heterocycles. The van der Waals surface area contributed by atoms with E-state index in [1.54, 1.807) is 30.3 Å². The number of aromatic nitrogens is 3. The van der Waals surface area contributed by atoms with Crippen LogP contribution in [0.15, 0.2) is 48.5 Å². The number of nitrogens with zero attached hydrogens (tertiary/aromatic N) is 3. The average Bonchev–Trinajstić information content (AvgIpc) is 2.98. The zero-order valence-electron chi connectivity index (χ0n) is 17.2. The maximum atomic E-state index is 13.4. The van der Waals surface area contributed by atoms with Crippen LogP contribution in [0.1, 0.15) is 27.4 Å². The molecule has 7 heteroatoms. The van der Waals surface area contributed by atoms with E-state index in [0.29, 0.717) is 28.5 Å². The van der Waals surface area contributed by atoms with Gasteiger partial charge in [-0.2, -0.15) is 0 Å². The number of fused-ring (bicyclic) bond motifs is 1. The van der Waals surface area contributed by atoms with E-state index in [1.165, 1.54) is 19.2 Å². The van der Waals surface area contributed by atoms with Gasteiger partial charge in [-0.1, -0.05) is 12.1 Å². The highest BCUT2D eigenvalue weighted by molar-refractivity contribution is 5.99. The molecule has 0 aliphatic heterocycles. The van der Waals surface area contributed by atoms with Crippen molar-refractivity contribution in [2.24, 2.45) is 0 Å². The molecule has 0 atom stereocenters. The van der Waals surface area contributed by atoms with Gasteiger partial charge in [0.1, 0.15) is 17.5 Å². The Morgan fingerprint density at radius 1 is 1.03 bits per heavy atom. The normalized spacial score (nSPS) is 11.0. The minimum atomic E-state index is -0.433. The van der Waals surface area contributed by atoms with E-state index < -0.39 is 5.97 Å². The first-order valence-electron chi connectivity index (χ1n) is 9.47. The molecule has 0 unspecified atom stereocenters. The second-order valence-electron chi connectivity index (χ2n) is 7.00. The number of methoxy groups -OCH3 is 1. The van der Waals surface area contributed by atoms with Crippen LogP contribution in [0.2, 0.25) is 0 Å². The first kappa shape index (κ1) is 19.6. The van der Waals surface area contributed by atoms with Crippen LogP contribution in [0.4, 0.5) is 15.9 Å². The summed E-state index contributed by atoms with van der Waals surface area (Å²) in [5.41, 5.74) is 4.49. The van der Waals surface area contributed by atoms with Crippen molar-refractivity contribution in [3.05, 3.63) is 77.0 Å². The first-order valence-corrected chi connectivity index (χ1v) is 9.47. The summed E-state index contributed by atoms with van der Waals surface area (Å²) in [5.74, 6) is 0.436. The third kappa shape index (κ3) is 3.28. The Morgan fingerprint density at radius 3 is 2.43 bits per heavy atom. The number of para-hydroxylation sites is 1. The van der Waals surface area contributed by atoms with Crippen LogP contribution in [0.5, 0.6) is 0 Å². The lowest BCUT2D eigenvalue weighted by Crippen LogP contribution is -2.07. The maximum absolute atomic E-state index is 13.4. The van der Waals surface area contributed by atoms with Crippen LogP contribution in [0, 0.1) is 26.6 Å². The number of halogens is 1. The summed E-state index contributed by atoms with van der Waals surface area (Å²) in [5, 5.41) is 4.12. The Kier molecular flexibility index (Phi) is 4.95. The largest absolute Gasteiger partial charge is 0.465 e. The van der Waals surface area contributed by atoms with Gasteiger partial charge in [0.2, 0.25) is 0 Å². The molecule has 30 heavy (non-hydrogen) atoms. The number of carbonyl (C=O) groups excluding carboxylic acids is 1. The molecule has 0 fully saturated rings. The van der Waals surface area contributed by atoms with Gasteiger partial charge in [-0.25, -0.2) is 19.2 Å². The number of anilines is 2. The zero-order chi connectivity index (χ0) is 21.4. The highest BCUT2D eigenvalue weighted by Crippen LogP contribution is 2.34. The minimum absolute atomic E-state index is 0.294. The molecule has 6 nitrogen and oxygen atoms in total. The third-order valence-electron chi connectivity index (χ3n) is 5.14. The van der Waals surface area contributed by atoms with Crippen molar-refractivity contribution >= 4 is 28.5 Å². The van der Waals surface area contributed by atoms with Crippen molar-refractivity contribution in [3.63, 3.8) is 0 Å². The van der Waals surface area contributed by atoms with Gasteiger partial charge in [-0.3, -0.25) is 4.57 Å². The number of carbonyl (C=O) groups is 1. The van der Waals surface area contributed by atoms with E-state index in [0.717, 1.165) is 22.3 Å². The standard InChI is InChI=1S/C23H21FN4O2/c1-13-14(2)28(17-11-9-16(24)10-12-17)22-20(13)21(25-15(3)26-22)27-19-8-6-5-7-18(19)23(29)30-4/h5-12H,1-4H3,(H,25,26,27). The molecule has 0 bridgehead atoms. The van der Waals surface area contributed by atoms with Gasteiger partial charge >= 0.3 is 5.97 Å². The van der Waals surface area contributed by atoms with E-state index >= 15 is 0 Å². The number of nitrogens with one attached hydrogen (secondary N) is 1. The van der Waals surface area contributed by atoms with E-state index in [9.17, 15) is 9.18 Å². The number of ether oxygens (including phenoxy) is 1. The van der Waals surface area contributed by atoms with Crippen molar-refractivity contribution in [2.45, 2.75) is 20.8 Å². The highest BCUT2D eigenvalue weighted by atomic mass is 19.1. The summed E-state index contributed by atoms with van der Waals surface area (Å²) >= 11 is 0. The van der Waals surface area contributed by atoms with Crippen LogP contribution in [0.25, 0.3) is 16.7 Å². The van der Waals surface area contributed by atoms with Crippen LogP contribution >= 0.6 is 0 Å². The quantitative estimate of drug-likeness (QED) is 0.484. The smallest absolute Gasteiger partial charge is 0.339 e. The fourth-order valence-electron chi connectivity index (χ4n) is 3.58. The van der Waals surface area contributed by atoms with Gasteiger partial charge in [0.15, 0.2) is 5.65 Å². The lowest BCUT2D eigenvalue weighted by molar-refractivity contribution is 0.0602. The van der Waals surface area contributed by atoms with Gasteiger partial charge in [0, 0.05) is 11.4 Å². The molecule has 2 aromatic heterocycles. The Morgan fingerprint density at radius 2 is 1.73 bits per heavy atom. The number of hydrogen-bond donors (Lipinski definition) is 1. The van der Waals surface area contributed by atoms with Crippen LogP contribution in [0.3, 0.4) is 0 Å². The van der Waals surface area contributed by atoms with E-state index in [1.807, 2.05) is 31.4 Å². The van der Waals surface area contributed by atoms with Gasteiger partial charge in [0.05, 0.1) is 23.7 Å². The monoisotopic (exact) mass is 404 g/mol. The van der Waals surface area contributed by atoms with Crippen LogP contribution in [-0.4, -0.2) is 27.6 Å². The molecule has 4 aromatic rings. The van der Waals surface area contributed by atoms with Gasteiger partial charge in [0.25, 0.3) is 0 Å². The number of esters is 1. The summed E-state index contributed by atoms with van der Waals surface area (Å²) in [6.07, 6.45) is 0. The summed E-state index contributed by atoms with van der Waals surface area (Å²) in [4.78, 5) is 21.4. The Hall–Kier alpha value is -3.74. The van der Waals surface area contributed by atoms with Crippen LogP contribution < -0.4 is 5.32 Å². The number of benzene rings is 2.